The van der Waals surface area contributed by atoms with Gasteiger partial charge in [-0.2, -0.15) is 0 Å². The van der Waals surface area contributed by atoms with E-state index in [0.717, 1.165) is 16.9 Å². The first-order chi connectivity index (χ1) is 11.5. The second-order valence-electron chi connectivity index (χ2n) is 5.12. The molecule has 1 saturated heterocycles. The fourth-order valence-electron chi connectivity index (χ4n) is 2.32. The van der Waals surface area contributed by atoms with Gasteiger partial charge < -0.3 is 4.42 Å². The lowest BCUT2D eigenvalue weighted by molar-refractivity contribution is -0.122. The summed E-state index contributed by atoms with van der Waals surface area (Å²) in [6, 6.07) is 9.49. The van der Waals surface area contributed by atoms with E-state index >= 15 is 0 Å². The molecule has 6 nitrogen and oxygen atoms in total. The number of carbonyl (C=O) groups excluding carboxylic acids is 3. The second-order valence-corrected chi connectivity index (χ2v) is 5.90. The third kappa shape index (κ3) is 3.03. The monoisotopic (exact) mass is 388 g/mol. The summed E-state index contributed by atoms with van der Waals surface area (Å²) in [4.78, 5) is 37.7. The maximum atomic E-state index is 12.6. The zero-order valence-electron chi connectivity index (χ0n) is 12.7. The standard InChI is InChI=1S/C17H13BrN2O4/c1-2-10-3-5-11(6-4-10)20-16(22)13(15(21)19-17(20)23)9-12-7-8-14(18)24-12/h3-9H,2H2,1H3,(H,19,21,23). The number of imide groups is 2. The smallest absolute Gasteiger partial charge is 0.335 e. The molecule has 0 saturated carbocycles. The molecule has 2 aromatic rings. The first-order valence-electron chi connectivity index (χ1n) is 7.25. The maximum Gasteiger partial charge on any atom is 0.335 e. The molecule has 0 unspecified atom stereocenters. The Kier molecular flexibility index (Phi) is 4.35. The van der Waals surface area contributed by atoms with Crippen molar-refractivity contribution in [3.63, 3.8) is 0 Å². The van der Waals surface area contributed by atoms with Crippen molar-refractivity contribution in [2.75, 3.05) is 4.90 Å². The van der Waals surface area contributed by atoms with E-state index < -0.39 is 17.8 Å². The molecule has 7 heteroatoms. The fraction of sp³-hybridized carbons (Fsp3) is 0.118. The summed E-state index contributed by atoms with van der Waals surface area (Å²) < 4.78 is 5.76. The van der Waals surface area contributed by atoms with E-state index in [9.17, 15) is 14.4 Å². The van der Waals surface area contributed by atoms with E-state index in [2.05, 4.69) is 21.2 Å². The van der Waals surface area contributed by atoms with Crippen molar-refractivity contribution in [3.8, 4) is 0 Å². The van der Waals surface area contributed by atoms with Gasteiger partial charge in [0.25, 0.3) is 11.8 Å². The normalized spacial score (nSPS) is 16.7. The highest BCUT2D eigenvalue weighted by Gasteiger charge is 2.36. The molecule has 1 N–H and O–H groups in total. The van der Waals surface area contributed by atoms with Crippen LogP contribution in [0.5, 0.6) is 0 Å². The zero-order valence-corrected chi connectivity index (χ0v) is 14.3. The number of barbiturate groups is 1. The molecule has 1 aromatic heterocycles. The molecule has 0 aliphatic carbocycles. The van der Waals surface area contributed by atoms with E-state index in [1.54, 1.807) is 24.3 Å². The molecular weight excluding hydrogens is 376 g/mol. The van der Waals surface area contributed by atoms with Gasteiger partial charge in [-0.15, -0.1) is 0 Å². The SMILES string of the molecule is CCc1ccc(N2C(=O)NC(=O)C(=Cc3ccc(Br)o3)C2=O)cc1. The van der Waals surface area contributed by atoms with Gasteiger partial charge in [0.15, 0.2) is 4.67 Å². The summed E-state index contributed by atoms with van der Waals surface area (Å²) in [6.07, 6.45) is 2.15. The number of amides is 4. The lowest BCUT2D eigenvalue weighted by atomic mass is 10.1. The van der Waals surface area contributed by atoms with Crippen molar-refractivity contribution in [1.29, 1.82) is 0 Å². The van der Waals surface area contributed by atoms with E-state index in [-0.39, 0.29) is 5.57 Å². The molecule has 0 bridgehead atoms. The number of anilines is 1. The maximum absolute atomic E-state index is 12.6. The van der Waals surface area contributed by atoms with Crippen LogP contribution >= 0.6 is 15.9 Å². The molecule has 1 aromatic carbocycles. The highest BCUT2D eigenvalue weighted by Crippen LogP contribution is 2.23. The molecule has 0 spiro atoms. The third-order valence-corrected chi connectivity index (χ3v) is 4.01. The van der Waals surface area contributed by atoms with E-state index in [0.29, 0.717) is 16.1 Å². The summed E-state index contributed by atoms with van der Waals surface area (Å²) in [5.74, 6) is -1.12. The van der Waals surface area contributed by atoms with Crippen LogP contribution in [0.1, 0.15) is 18.2 Å². The van der Waals surface area contributed by atoms with E-state index in [4.69, 9.17) is 4.42 Å². The summed E-state index contributed by atoms with van der Waals surface area (Å²) in [7, 11) is 0. The Hall–Kier alpha value is -2.67. The van der Waals surface area contributed by atoms with E-state index in [1.165, 1.54) is 6.08 Å². The van der Waals surface area contributed by atoms with Crippen molar-refractivity contribution in [3.05, 3.63) is 58.0 Å². The molecule has 1 aliphatic heterocycles. The van der Waals surface area contributed by atoms with Crippen molar-refractivity contribution in [1.82, 2.24) is 5.32 Å². The van der Waals surface area contributed by atoms with Crippen molar-refractivity contribution in [2.24, 2.45) is 0 Å². The lowest BCUT2D eigenvalue weighted by Gasteiger charge is -2.26. The van der Waals surface area contributed by atoms with Gasteiger partial charge in [0.2, 0.25) is 0 Å². The highest BCUT2D eigenvalue weighted by atomic mass is 79.9. The molecule has 3 rings (SSSR count). The predicted octanol–water partition coefficient (Wildman–Crippen LogP) is 3.27. The number of aryl methyl sites for hydroxylation is 1. The van der Waals surface area contributed by atoms with Crippen LogP contribution in [0.4, 0.5) is 10.5 Å². The number of hydrogen-bond donors (Lipinski definition) is 1. The molecule has 24 heavy (non-hydrogen) atoms. The van der Waals surface area contributed by atoms with Gasteiger partial charge in [0.05, 0.1) is 5.69 Å². The first kappa shape index (κ1) is 16.2. The Morgan fingerprint density at radius 1 is 1.12 bits per heavy atom. The summed E-state index contributed by atoms with van der Waals surface area (Å²) in [6.45, 7) is 2.01. The fourth-order valence-corrected chi connectivity index (χ4v) is 2.64. The molecule has 122 valence electrons. The van der Waals surface area contributed by atoms with Crippen molar-refractivity contribution < 1.29 is 18.8 Å². The minimum atomic E-state index is -0.771. The van der Waals surface area contributed by atoms with Crippen LogP contribution in [-0.2, 0) is 16.0 Å². The van der Waals surface area contributed by atoms with Gasteiger partial charge in [0.1, 0.15) is 11.3 Å². The van der Waals surface area contributed by atoms with Gasteiger partial charge >= 0.3 is 6.03 Å². The Labute approximate surface area is 146 Å². The summed E-state index contributed by atoms with van der Waals surface area (Å²) in [5, 5.41) is 2.17. The lowest BCUT2D eigenvalue weighted by Crippen LogP contribution is -2.54. The van der Waals surface area contributed by atoms with Gasteiger partial charge in [-0.25, -0.2) is 9.69 Å². The number of carbonyl (C=O) groups is 3. The average Bonchev–Trinajstić information content (AvgIpc) is 2.97. The average molecular weight is 389 g/mol. The van der Waals surface area contributed by atoms with Gasteiger partial charge in [-0.1, -0.05) is 19.1 Å². The van der Waals surface area contributed by atoms with Crippen LogP contribution in [0.2, 0.25) is 0 Å². The van der Waals surface area contributed by atoms with E-state index in [1.807, 2.05) is 19.1 Å². The Balaban J connectivity index is 1.97. The number of halogens is 1. The quantitative estimate of drug-likeness (QED) is 0.646. The zero-order chi connectivity index (χ0) is 17.3. The molecule has 2 heterocycles. The van der Waals surface area contributed by atoms with Crippen molar-refractivity contribution in [2.45, 2.75) is 13.3 Å². The minimum absolute atomic E-state index is 0.170. The Morgan fingerprint density at radius 2 is 1.83 bits per heavy atom. The number of hydrogen-bond acceptors (Lipinski definition) is 4. The largest absolute Gasteiger partial charge is 0.450 e. The molecule has 1 aliphatic rings. The van der Waals surface area contributed by atoms with Crippen molar-refractivity contribution >= 4 is 45.5 Å². The molecule has 1 fully saturated rings. The van der Waals surface area contributed by atoms with Crippen LogP contribution in [-0.4, -0.2) is 17.8 Å². The summed E-state index contributed by atoms with van der Waals surface area (Å²) >= 11 is 3.15. The second kappa shape index (κ2) is 6.45. The van der Waals surface area contributed by atoms with Gasteiger partial charge in [0, 0.05) is 0 Å². The predicted molar refractivity (Wildman–Crippen MR) is 91.2 cm³/mol. The topological polar surface area (TPSA) is 79.6 Å². The molecule has 4 amide bonds. The Bertz CT molecular complexity index is 852. The number of nitrogens with one attached hydrogen (secondary N) is 1. The van der Waals surface area contributed by atoms with Gasteiger partial charge in [-0.3, -0.25) is 14.9 Å². The summed E-state index contributed by atoms with van der Waals surface area (Å²) in [5.41, 5.74) is 1.31. The number of urea groups is 1. The number of benzene rings is 1. The highest BCUT2D eigenvalue weighted by molar-refractivity contribution is 9.10. The van der Waals surface area contributed by atoms with Crippen LogP contribution in [0.3, 0.4) is 0 Å². The number of rotatable bonds is 3. The third-order valence-electron chi connectivity index (χ3n) is 3.59. The van der Waals surface area contributed by atoms with Gasteiger partial charge in [-0.05, 0) is 58.3 Å². The first-order valence-corrected chi connectivity index (χ1v) is 8.04. The minimum Gasteiger partial charge on any atom is -0.450 e. The Morgan fingerprint density at radius 3 is 2.42 bits per heavy atom. The van der Waals surface area contributed by atoms with Crippen LogP contribution in [0, 0.1) is 0 Å². The molecule has 0 radical (unpaired) electrons. The molecular formula is C17H13BrN2O4. The van der Waals surface area contributed by atoms with Crippen LogP contribution < -0.4 is 10.2 Å². The molecule has 0 atom stereocenters. The number of furan rings is 1. The van der Waals surface area contributed by atoms with Crippen LogP contribution in [0.15, 0.2) is 51.1 Å². The van der Waals surface area contributed by atoms with Crippen LogP contribution in [0.25, 0.3) is 6.08 Å². The number of nitrogens with zero attached hydrogens (tertiary/aromatic N) is 1.